The van der Waals surface area contributed by atoms with Gasteiger partial charge in [0.05, 0.1) is 23.5 Å². The molecule has 0 spiro atoms. The molecule has 0 radical (unpaired) electrons. The van der Waals surface area contributed by atoms with Gasteiger partial charge in [-0.2, -0.15) is 0 Å². The topological polar surface area (TPSA) is 73.0 Å². The van der Waals surface area contributed by atoms with E-state index in [1.54, 1.807) is 24.7 Å². The number of nitro groups is 1. The molecule has 0 saturated heterocycles. The van der Waals surface area contributed by atoms with Crippen LogP contribution in [0, 0.1) is 17.0 Å². The minimum atomic E-state index is -0.362. The minimum Gasteiger partial charge on any atom is -0.374 e. The second-order valence-corrected chi connectivity index (χ2v) is 4.71. The van der Waals surface area contributed by atoms with E-state index in [1.165, 1.54) is 0 Å². The fourth-order valence-corrected chi connectivity index (χ4v) is 2.07. The molecule has 0 atom stereocenters. The van der Waals surface area contributed by atoms with Crippen molar-refractivity contribution in [3.05, 3.63) is 52.1 Å². The van der Waals surface area contributed by atoms with E-state index >= 15 is 0 Å². The lowest BCUT2D eigenvalue weighted by atomic mass is 10.2. The Bertz CT molecular complexity index is 607. The number of anilines is 1. The molecule has 106 valence electrons. The molecular formula is C14H18N4O2. The second-order valence-electron chi connectivity index (χ2n) is 4.71. The van der Waals surface area contributed by atoms with Gasteiger partial charge in [0, 0.05) is 18.8 Å². The maximum Gasteiger partial charge on any atom is 0.292 e. The van der Waals surface area contributed by atoms with Crippen molar-refractivity contribution >= 4 is 11.4 Å². The third-order valence-electron chi connectivity index (χ3n) is 3.07. The molecule has 2 rings (SSSR count). The molecule has 0 aliphatic heterocycles. The van der Waals surface area contributed by atoms with Crippen LogP contribution in [-0.4, -0.2) is 14.5 Å². The summed E-state index contributed by atoms with van der Waals surface area (Å²) in [6.07, 6.45) is 4.58. The smallest absolute Gasteiger partial charge is 0.292 e. The van der Waals surface area contributed by atoms with E-state index in [0.717, 1.165) is 24.2 Å². The molecular weight excluding hydrogens is 256 g/mol. The van der Waals surface area contributed by atoms with Gasteiger partial charge in [0.2, 0.25) is 0 Å². The molecule has 0 saturated carbocycles. The molecule has 2 aromatic rings. The minimum absolute atomic E-state index is 0.103. The first-order chi connectivity index (χ1) is 9.61. The molecule has 0 bridgehead atoms. The monoisotopic (exact) mass is 274 g/mol. The molecule has 1 aromatic heterocycles. The van der Waals surface area contributed by atoms with Gasteiger partial charge in [-0.1, -0.05) is 13.0 Å². The SMILES string of the molecule is CCCn1cncc1CNc1ccc(C)cc1[N+](=O)[O-]. The number of hydrogen-bond donors (Lipinski definition) is 1. The van der Waals surface area contributed by atoms with Crippen LogP contribution in [-0.2, 0) is 13.1 Å². The van der Waals surface area contributed by atoms with Gasteiger partial charge in [-0.15, -0.1) is 0 Å². The third-order valence-corrected chi connectivity index (χ3v) is 3.07. The van der Waals surface area contributed by atoms with Gasteiger partial charge in [-0.05, 0) is 25.0 Å². The lowest BCUT2D eigenvalue weighted by Gasteiger charge is -2.10. The van der Waals surface area contributed by atoms with E-state index in [4.69, 9.17) is 0 Å². The molecule has 1 aromatic carbocycles. The lowest BCUT2D eigenvalue weighted by Crippen LogP contribution is -2.08. The van der Waals surface area contributed by atoms with E-state index in [9.17, 15) is 10.1 Å². The van der Waals surface area contributed by atoms with E-state index in [-0.39, 0.29) is 10.6 Å². The van der Waals surface area contributed by atoms with Gasteiger partial charge in [-0.3, -0.25) is 10.1 Å². The summed E-state index contributed by atoms with van der Waals surface area (Å²) < 4.78 is 2.05. The molecule has 20 heavy (non-hydrogen) atoms. The Morgan fingerprint density at radius 1 is 1.45 bits per heavy atom. The van der Waals surface area contributed by atoms with Crippen molar-refractivity contribution in [3.8, 4) is 0 Å². The van der Waals surface area contributed by atoms with Gasteiger partial charge in [0.25, 0.3) is 5.69 Å². The number of nitrogens with zero attached hydrogens (tertiary/aromatic N) is 3. The molecule has 6 heteroatoms. The van der Waals surface area contributed by atoms with Crippen molar-refractivity contribution in [1.29, 1.82) is 0 Å². The van der Waals surface area contributed by atoms with Crippen molar-refractivity contribution in [3.63, 3.8) is 0 Å². The summed E-state index contributed by atoms with van der Waals surface area (Å²) >= 11 is 0. The van der Waals surface area contributed by atoms with Crippen LogP contribution in [0.2, 0.25) is 0 Å². The Hall–Kier alpha value is -2.37. The Labute approximate surface area is 117 Å². The zero-order valence-electron chi connectivity index (χ0n) is 11.7. The summed E-state index contributed by atoms with van der Waals surface area (Å²) in [6.45, 7) is 5.35. The first-order valence-electron chi connectivity index (χ1n) is 6.59. The molecule has 6 nitrogen and oxygen atoms in total. The molecule has 0 aliphatic carbocycles. The van der Waals surface area contributed by atoms with E-state index in [0.29, 0.717) is 12.2 Å². The number of hydrogen-bond acceptors (Lipinski definition) is 4. The van der Waals surface area contributed by atoms with Crippen molar-refractivity contribution in [1.82, 2.24) is 9.55 Å². The van der Waals surface area contributed by atoms with Crippen LogP contribution in [0.5, 0.6) is 0 Å². The number of imidazole rings is 1. The van der Waals surface area contributed by atoms with Gasteiger partial charge in [-0.25, -0.2) is 4.98 Å². The Morgan fingerprint density at radius 3 is 2.95 bits per heavy atom. The molecule has 0 amide bonds. The van der Waals surface area contributed by atoms with E-state index in [1.807, 2.05) is 17.6 Å². The van der Waals surface area contributed by atoms with Crippen LogP contribution in [0.3, 0.4) is 0 Å². The summed E-state index contributed by atoms with van der Waals surface area (Å²) in [6, 6.07) is 5.18. The average molecular weight is 274 g/mol. The predicted octanol–water partition coefficient (Wildman–Crippen LogP) is 3.12. The molecule has 0 fully saturated rings. The molecule has 1 N–H and O–H groups in total. The van der Waals surface area contributed by atoms with Crippen LogP contribution in [0.1, 0.15) is 24.6 Å². The van der Waals surface area contributed by atoms with Crippen LogP contribution in [0.15, 0.2) is 30.7 Å². The van der Waals surface area contributed by atoms with Gasteiger partial charge in [0.1, 0.15) is 5.69 Å². The predicted molar refractivity (Wildman–Crippen MR) is 77.7 cm³/mol. The Morgan fingerprint density at radius 2 is 2.25 bits per heavy atom. The number of benzene rings is 1. The maximum atomic E-state index is 11.1. The number of rotatable bonds is 6. The molecule has 0 unspecified atom stereocenters. The highest BCUT2D eigenvalue weighted by molar-refractivity contribution is 5.62. The summed E-state index contributed by atoms with van der Waals surface area (Å²) in [5.41, 5.74) is 2.52. The third kappa shape index (κ3) is 3.14. The first kappa shape index (κ1) is 14.0. The fourth-order valence-electron chi connectivity index (χ4n) is 2.07. The van der Waals surface area contributed by atoms with Crippen LogP contribution < -0.4 is 5.32 Å². The normalized spacial score (nSPS) is 10.5. The zero-order chi connectivity index (χ0) is 14.5. The summed E-state index contributed by atoms with van der Waals surface area (Å²) in [5.74, 6) is 0. The zero-order valence-corrected chi connectivity index (χ0v) is 11.7. The number of nitro benzene ring substituents is 1. The van der Waals surface area contributed by atoms with Crippen molar-refractivity contribution < 1.29 is 4.92 Å². The quantitative estimate of drug-likeness (QED) is 0.648. The van der Waals surface area contributed by atoms with Crippen molar-refractivity contribution in [2.45, 2.75) is 33.4 Å². The van der Waals surface area contributed by atoms with Crippen LogP contribution >= 0.6 is 0 Å². The Balaban J connectivity index is 2.14. The highest BCUT2D eigenvalue weighted by Gasteiger charge is 2.13. The summed E-state index contributed by atoms with van der Waals surface area (Å²) in [4.78, 5) is 14.8. The number of aryl methyl sites for hydroxylation is 2. The highest BCUT2D eigenvalue weighted by Crippen LogP contribution is 2.25. The number of nitrogens with one attached hydrogen (secondary N) is 1. The van der Waals surface area contributed by atoms with E-state index < -0.39 is 0 Å². The average Bonchev–Trinajstić information content (AvgIpc) is 2.85. The lowest BCUT2D eigenvalue weighted by molar-refractivity contribution is -0.384. The number of aromatic nitrogens is 2. The van der Waals surface area contributed by atoms with Gasteiger partial charge < -0.3 is 9.88 Å². The van der Waals surface area contributed by atoms with Gasteiger partial charge >= 0.3 is 0 Å². The first-order valence-corrected chi connectivity index (χ1v) is 6.59. The summed E-state index contributed by atoms with van der Waals surface area (Å²) in [5, 5.41) is 14.2. The largest absolute Gasteiger partial charge is 0.374 e. The van der Waals surface area contributed by atoms with E-state index in [2.05, 4.69) is 17.2 Å². The highest BCUT2D eigenvalue weighted by atomic mass is 16.6. The standard InChI is InChI=1S/C14H18N4O2/c1-3-6-17-10-15-8-12(17)9-16-13-5-4-11(2)7-14(13)18(19)20/h4-5,7-8,10,16H,3,6,9H2,1-2H3. The van der Waals surface area contributed by atoms with Crippen molar-refractivity contribution in [2.24, 2.45) is 0 Å². The molecule has 0 aliphatic rings. The maximum absolute atomic E-state index is 11.1. The molecule has 1 heterocycles. The Kier molecular flexibility index (Phi) is 4.34. The van der Waals surface area contributed by atoms with Gasteiger partial charge in [0.15, 0.2) is 0 Å². The van der Waals surface area contributed by atoms with Crippen molar-refractivity contribution in [2.75, 3.05) is 5.32 Å². The van der Waals surface area contributed by atoms with Crippen LogP contribution in [0.4, 0.5) is 11.4 Å². The van der Waals surface area contributed by atoms with Crippen LogP contribution in [0.25, 0.3) is 0 Å². The summed E-state index contributed by atoms with van der Waals surface area (Å²) in [7, 11) is 0. The fraction of sp³-hybridized carbons (Fsp3) is 0.357. The second kappa shape index (κ2) is 6.18.